The molecular weight excluding hydrogens is 579 g/mol. The lowest BCUT2D eigenvalue weighted by Crippen LogP contribution is -2.35. The fourth-order valence-electron chi connectivity index (χ4n) is 4.22. The van der Waals surface area contributed by atoms with Crippen molar-refractivity contribution in [3.05, 3.63) is 83.4 Å². The van der Waals surface area contributed by atoms with Crippen molar-refractivity contribution in [1.29, 1.82) is 0 Å². The van der Waals surface area contributed by atoms with Crippen molar-refractivity contribution in [3.63, 3.8) is 0 Å². The molecule has 0 fully saturated rings. The molecule has 0 aromatic heterocycles. The minimum absolute atomic E-state index is 0.0629. The van der Waals surface area contributed by atoms with Gasteiger partial charge in [0.2, 0.25) is 0 Å². The van der Waals surface area contributed by atoms with Crippen LogP contribution in [0.4, 0.5) is 18.0 Å². The van der Waals surface area contributed by atoms with Crippen molar-refractivity contribution < 1.29 is 42.4 Å². The Morgan fingerprint density at radius 2 is 1.68 bits per heavy atom. The van der Waals surface area contributed by atoms with Gasteiger partial charge in [0, 0.05) is 6.54 Å². The van der Waals surface area contributed by atoms with E-state index < -0.39 is 49.2 Å². The molecule has 41 heavy (non-hydrogen) atoms. The molecular formula is C29H32F3NO6S2. The molecule has 0 spiro atoms. The van der Waals surface area contributed by atoms with Gasteiger partial charge in [-0.1, -0.05) is 82.3 Å². The molecule has 0 saturated heterocycles. The largest absolute Gasteiger partial charge is 0.457 e. The van der Waals surface area contributed by atoms with E-state index in [1.807, 2.05) is 49.4 Å². The summed E-state index contributed by atoms with van der Waals surface area (Å²) >= 11 is 0. The van der Waals surface area contributed by atoms with Crippen LogP contribution in [0.5, 0.6) is 0 Å². The number of alkyl halides is 3. The maximum atomic E-state index is 13.2. The number of benzene rings is 3. The number of halogens is 3. The number of nitrogens with zero attached hydrogens (tertiary/aromatic N) is 1. The lowest BCUT2D eigenvalue weighted by molar-refractivity contribution is -0.150. The van der Waals surface area contributed by atoms with Crippen LogP contribution in [0, 0.1) is 0 Å². The minimum Gasteiger partial charge on any atom is -0.457 e. The summed E-state index contributed by atoms with van der Waals surface area (Å²) in [7, 11) is 2.21. The normalized spacial score (nSPS) is 12.4. The number of amides is 1. The van der Waals surface area contributed by atoms with E-state index in [1.54, 1.807) is 11.0 Å². The molecule has 1 atom stereocenters. The molecule has 0 bridgehead atoms. The van der Waals surface area contributed by atoms with E-state index in [0.717, 1.165) is 50.1 Å². The summed E-state index contributed by atoms with van der Waals surface area (Å²) in [5.74, 6) is -0.763. The second kappa shape index (κ2) is 15.9. The number of carbonyl (C=O) groups is 2. The fraction of sp³-hybridized carbons (Fsp3) is 0.379. The topological polar surface area (TPSA) is 96.3 Å². The number of hydrogen-bond donors (Lipinski definition) is 2. The molecule has 12 heteroatoms. The summed E-state index contributed by atoms with van der Waals surface area (Å²) in [6.07, 6.45) is -5.25. The average molecular weight is 612 g/mol. The van der Waals surface area contributed by atoms with Gasteiger partial charge in [0.1, 0.15) is 17.8 Å². The Bertz CT molecular complexity index is 1280. The highest BCUT2D eigenvalue weighted by atomic mass is 33.1. The number of ether oxygens (including phenoxy) is 2. The number of esters is 1. The van der Waals surface area contributed by atoms with E-state index in [1.165, 1.54) is 6.07 Å². The van der Waals surface area contributed by atoms with E-state index in [4.69, 9.17) is 19.7 Å². The van der Waals surface area contributed by atoms with Crippen molar-refractivity contribution in [2.45, 2.75) is 38.1 Å². The lowest BCUT2D eigenvalue weighted by Gasteiger charge is -2.29. The molecule has 0 aliphatic heterocycles. The molecule has 2 N–H and O–H groups in total. The van der Waals surface area contributed by atoms with Crippen molar-refractivity contribution in [2.75, 3.05) is 31.5 Å². The lowest BCUT2D eigenvalue weighted by atomic mass is 9.98. The van der Waals surface area contributed by atoms with Gasteiger partial charge in [0.15, 0.2) is 0 Å². The fourth-order valence-corrected chi connectivity index (χ4v) is 5.57. The number of hydrogen-bond acceptors (Lipinski definition) is 8. The molecule has 0 heterocycles. The van der Waals surface area contributed by atoms with Crippen molar-refractivity contribution in [1.82, 2.24) is 4.90 Å². The Balaban J connectivity index is 1.65. The second-order valence-electron chi connectivity index (χ2n) is 9.12. The van der Waals surface area contributed by atoms with E-state index >= 15 is 0 Å². The molecule has 3 rings (SSSR count). The van der Waals surface area contributed by atoms with E-state index in [-0.39, 0.29) is 18.2 Å². The molecule has 0 saturated carbocycles. The summed E-state index contributed by atoms with van der Waals surface area (Å²) in [5, 5.41) is 20.0. The zero-order valence-corrected chi connectivity index (χ0v) is 24.0. The SMILES string of the molecule is C[C@H](c1cccc2ccccc12)N(CCCc1cccc(C(F)(F)F)c1)C(=O)OCSSCC(=O)OC(CO)CO. The Morgan fingerprint density at radius 3 is 2.41 bits per heavy atom. The summed E-state index contributed by atoms with van der Waals surface area (Å²) < 4.78 is 49.8. The number of fused-ring (bicyclic) bond motifs is 1. The first kappa shape index (κ1) is 32.6. The zero-order valence-electron chi connectivity index (χ0n) is 22.4. The van der Waals surface area contributed by atoms with Gasteiger partial charge in [-0.25, -0.2) is 4.79 Å². The van der Waals surface area contributed by atoms with Gasteiger partial charge in [-0.15, -0.1) is 0 Å². The van der Waals surface area contributed by atoms with Gasteiger partial charge in [0.25, 0.3) is 0 Å². The maximum Gasteiger partial charge on any atom is 0.416 e. The van der Waals surface area contributed by atoms with Crippen molar-refractivity contribution >= 4 is 44.4 Å². The maximum absolute atomic E-state index is 13.2. The van der Waals surface area contributed by atoms with Crippen LogP contribution < -0.4 is 0 Å². The van der Waals surface area contributed by atoms with E-state index in [2.05, 4.69) is 0 Å². The van der Waals surface area contributed by atoms with Crippen LogP contribution in [0.3, 0.4) is 0 Å². The third-order valence-corrected chi connectivity index (χ3v) is 8.17. The molecule has 0 unspecified atom stereocenters. The molecule has 3 aromatic rings. The molecule has 1 amide bonds. The first-order chi connectivity index (χ1) is 19.6. The summed E-state index contributed by atoms with van der Waals surface area (Å²) in [6.45, 7) is 1.14. The van der Waals surface area contributed by atoms with Gasteiger partial charge >= 0.3 is 18.2 Å². The zero-order chi connectivity index (χ0) is 29.8. The molecule has 3 aromatic carbocycles. The number of aliphatic hydroxyl groups excluding tert-OH is 2. The van der Waals surface area contributed by atoms with Crippen molar-refractivity contribution in [3.8, 4) is 0 Å². The van der Waals surface area contributed by atoms with Crippen LogP contribution in [0.15, 0.2) is 66.7 Å². The second-order valence-corrected chi connectivity index (χ2v) is 11.5. The van der Waals surface area contributed by atoms with E-state index in [0.29, 0.717) is 18.4 Å². The first-order valence-electron chi connectivity index (χ1n) is 12.9. The Labute approximate surface area is 244 Å². The Kier molecular flexibility index (Phi) is 12.6. The number of rotatable bonds is 14. The van der Waals surface area contributed by atoms with Crippen LogP contribution in [-0.2, 0) is 26.9 Å². The van der Waals surface area contributed by atoms with Crippen LogP contribution in [0.1, 0.15) is 36.1 Å². The number of aryl methyl sites for hydroxylation is 1. The average Bonchev–Trinajstić information content (AvgIpc) is 2.97. The van der Waals surface area contributed by atoms with Crippen LogP contribution >= 0.6 is 21.6 Å². The quantitative estimate of drug-likeness (QED) is 0.0960. The standard InChI is InChI=1S/C29H32F3NO6S2/c1-20(25-13-5-10-22-9-2-3-12-26(22)25)33(14-6-8-21-7-4-11-23(15-21)29(30,31)32)28(37)38-19-41-40-18-27(36)39-24(16-34)17-35/h2-5,7,9-13,15,20,24,34-35H,6,8,14,16-19H2,1H3/t20-/m1/s1. The third kappa shape index (κ3) is 9.84. The van der Waals surface area contributed by atoms with Crippen LogP contribution in [0.25, 0.3) is 10.8 Å². The monoisotopic (exact) mass is 611 g/mol. The molecule has 0 aliphatic carbocycles. The predicted octanol–water partition coefficient (Wildman–Crippen LogP) is 6.23. The molecule has 222 valence electrons. The minimum atomic E-state index is -4.43. The third-order valence-electron chi connectivity index (χ3n) is 6.29. The first-order valence-corrected chi connectivity index (χ1v) is 15.4. The number of carbonyl (C=O) groups excluding carboxylic acids is 2. The van der Waals surface area contributed by atoms with Crippen molar-refractivity contribution in [2.24, 2.45) is 0 Å². The summed E-state index contributed by atoms with van der Waals surface area (Å²) in [5.41, 5.74) is 0.720. The van der Waals surface area contributed by atoms with E-state index in [9.17, 15) is 22.8 Å². The highest BCUT2D eigenvalue weighted by molar-refractivity contribution is 8.76. The number of aliphatic hydroxyl groups is 2. The summed E-state index contributed by atoms with van der Waals surface area (Å²) in [4.78, 5) is 26.6. The highest BCUT2D eigenvalue weighted by Gasteiger charge is 2.30. The van der Waals surface area contributed by atoms with Gasteiger partial charge in [-0.05, 0) is 47.7 Å². The van der Waals surface area contributed by atoms with Crippen LogP contribution in [-0.4, -0.2) is 64.7 Å². The molecule has 7 nitrogen and oxygen atoms in total. The van der Waals surface area contributed by atoms with Gasteiger partial charge < -0.3 is 24.6 Å². The molecule has 0 aliphatic rings. The smallest absolute Gasteiger partial charge is 0.416 e. The molecule has 0 radical (unpaired) electrons. The van der Waals surface area contributed by atoms with Gasteiger partial charge in [0.05, 0.1) is 24.8 Å². The Morgan fingerprint density at radius 1 is 0.976 bits per heavy atom. The van der Waals surface area contributed by atoms with Gasteiger partial charge in [-0.2, -0.15) is 13.2 Å². The van der Waals surface area contributed by atoms with Gasteiger partial charge in [-0.3, -0.25) is 4.79 Å². The van der Waals surface area contributed by atoms with Crippen LogP contribution in [0.2, 0.25) is 0 Å². The Hall–Kier alpha value is -2.93. The summed E-state index contributed by atoms with van der Waals surface area (Å²) in [6, 6.07) is 18.4. The predicted molar refractivity (Wildman–Crippen MR) is 154 cm³/mol. The highest BCUT2D eigenvalue weighted by Crippen LogP contribution is 2.31.